The lowest BCUT2D eigenvalue weighted by Gasteiger charge is -2.19. The first kappa shape index (κ1) is 12.9. The molecule has 0 bridgehead atoms. The minimum absolute atomic E-state index is 0.667. The second-order valence-electron chi connectivity index (χ2n) is 5.41. The fraction of sp³-hybridized carbons (Fsp3) is 0.600. The smallest absolute Gasteiger partial charge is 0.0372 e. The lowest BCUT2D eigenvalue weighted by molar-refractivity contribution is 0.502. The van der Waals surface area contributed by atoms with Gasteiger partial charge >= 0.3 is 0 Å². The van der Waals surface area contributed by atoms with E-state index in [2.05, 4.69) is 53.3 Å². The molecule has 1 aromatic carbocycles. The summed E-state index contributed by atoms with van der Waals surface area (Å²) in [6.07, 6.45) is 6.77. The molecule has 94 valence electrons. The molecule has 1 N–H and O–H groups in total. The highest BCUT2D eigenvalue weighted by molar-refractivity contribution is 9.10. The molecule has 1 aliphatic carbocycles. The topological polar surface area (TPSA) is 12.0 Å². The van der Waals surface area contributed by atoms with Gasteiger partial charge in [-0.3, -0.25) is 0 Å². The average Bonchev–Trinajstić information content (AvgIpc) is 2.48. The minimum Gasteiger partial charge on any atom is -0.382 e. The van der Waals surface area contributed by atoms with Crippen molar-refractivity contribution in [2.45, 2.75) is 52.0 Å². The van der Waals surface area contributed by atoms with Gasteiger partial charge in [-0.05, 0) is 55.9 Å². The highest BCUT2D eigenvalue weighted by atomic mass is 79.9. The molecule has 2 rings (SSSR count). The second kappa shape index (κ2) is 5.90. The maximum atomic E-state index is 3.72. The zero-order chi connectivity index (χ0) is 12.3. The van der Waals surface area contributed by atoms with Gasteiger partial charge in [0.1, 0.15) is 0 Å². The van der Waals surface area contributed by atoms with E-state index in [1.807, 2.05) is 0 Å². The van der Waals surface area contributed by atoms with Gasteiger partial charge < -0.3 is 5.32 Å². The molecule has 2 unspecified atom stereocenters. The van der Waals surface area contributed by atoms with Crippen molar-refractivity contribution < 1.29 is 0 Å². The van der Waals surface area contributed by atoms with Crippen LogP contribution in [0.2, 0.25) is 0 Å². The highest BCUT2D eigenvalue weighted by Gasteiger charge is 2.16. The lowest BCUT2D eigenvalue weighted by atomic mass is 10.0. The molecule has 0 heterocycles. The van der Waals surface area contributed by atoms with Gasteiger partial charge in [-0.25, -0.2) is 0 Å². The van der Waals surface area contributed by atoms with Crippen LogP contribution in [-0.4, -0.2) is 6.04 Å². The summed E-state index contributed by atoms with van der Waals surface area (Å²) in [5, 5.41) is 3.72. The summed E-state index contributed by atoms with van der Waals surface area (Å²) < 4.78 is 1.16. The van der Waals surface area contributed by atoms with Crippen LogP contribution in [0.1, 0.15) is 44.6 Å². The molecule has 0 aliphatic heterocycles. The number of aryl methyl sites for hydroxylation is 1. The Kier molecular flexibility index (Phi) is 4.49. The van der Waals surface area contributed by atoms with Crippen LogP contribution in [0, 0.1) is 12.8 Å². The maximum Gasteiger partial charge on any atom is 0.0372 e. The van der Waals surface area contributed by atoms with E-state index in [9.17, 15) is 0 Å². The predicted molar refractivity (Wildman–Crippen MR) is 78.5 cm³/mol. The van der Waals surface area contributed by atoms with E-state index < -0.39 is 0 Å². The maximum absolute atomic E-state index is 3.72. The van der Waals surface area contributed by atoms with Gasteiger partial charge in [0.15, 0.2) is 0 Å². The summed E-state index contributed by atoms with van der Waals surface area (Å²) in [6.45, 7) is 4.56. The predicted octanol–water partition coefficient (Wildman–Crippen LogP) is 5.14. The zero-order valence-corrected chi connectivity index (χ0v) is 12.4. The van der Waals surface area contributed by atoms with Crippen molar-refractivity contribution >= 4 is 21.6 Å². The molecule has 2 heteroatoms. The summed E-state index contributed by atoms with van der Waals surface area (Å²) >= 11 is 3.51. The van der Waals surface area contributed by atoms with Crippen molar-refractivity contribution in [2.75, 3.05) is 5.32 Å². The molecule has 1 aliphatic rings. The Labute approximate surface area is 113 Å². The van der Waals surface area contributed by atoms with Crippen LogP contribution >= 0.6 is 15.9 Å². The van der Waals surface area contributed by atoms with Crippen LogP contribution in [-0.2, 0) is 0 Å². The Morgan fingerprint density at radius 3 is 2.76 bits per heavy atom. The molecule has 0 saturated heterocycles. The summed E-state index contributed by atoms with van der Waals surface area (Å²) in [4.78, 5) is 0. The van der Waals surface area contributed by atoms with E-state index in [-0.39, 0.29) is 0 Å². The van der Waals surface area contributed by atoms with E-state index in [0.29, 0.717) is 6.04 Å². The van der Waals surface area contributed by atoms with Crippen molar-refractivity contribution in [1.82, 2.24) is 0 Å². The third kappa shape index (κ3) is 3.74. The van der Waals surface area contributed by atoms with E-state index in [0.717, 1.165) is 10.4 Å². The summed E-state index contributed by atoms with van der Waals surface area (Å²) in [7, 11) is 0. The third-order valence-electron chi connectivity index (χ3n) is 3.81. The zero-order valence-electron chi connectivity index (χ0n) is 10.8. The molecule has 2 atom stereocenters. The number of hydrogen-bond donors (Lipinski definition) is 1. The minimum atomic E-state index is 0.667. The molecule has 0 amide bonds. The third-order valence-corrected chi connectivity index (χ3v) is 4.30. The van der Waals surface area contributed by atoms with Crippen LogP contribution < -0.4 is 5.32 Å². The number of hydrogen-bond acceptors (Lipinski definition) is 1. The molecule has 1 fully saturated rings. The van der Waals surface area contributed by atoms with Gasteiger partial charge in [0, 0.05) is 16.2 Å². The second-order valence-corrected chi connectivity index (χ2v) is 6.33. The molecule has 1 aromatic rings. The standard InChI is InChI=1S/C15H22BrN/c1-11-4-3-5-14(8-6-11)17-15-9-7-13(16)10-12(15)2/h7,9-11,14,17H,3-6,8H2,1-2H3. The fourth-order valence-corrected chi connectivity index (χ4v) is 3.12. The van der Waals surface area contributed by atoms with Crippen LogP contribution in [0.25, 0.3) is 0 Å². The number of halogens is 1. The van der Waals surface area contributed by atoms with Crippen molar-refractivity contribution in [1.29, 1.82) is 0 Å². The molecular formula is C15H22BrN. The van der Waals surface area contributed by atoms with E-state index in [4.69, 9.17) is 0 Å². The molecule has 0 aromatic heterocycles. The Morgan fingerprint density at radius 1 is 1.18 bits per heavy atom. The van der Waals surface area contributed by atoms with Crippen LogP contribution in [0.15, 0.2) is 22.7 Å². The van der Waals surface area contributed by atoms with Gasteiger partial charge in [0.05, 0.1) is 0 Å². The van der Waals surface area contributed by atoms with Crippen molar-refractivity contribution in [3.63, 3.8) is 0 Å². The average molecular weight is 296 g/mol. The van der Waals surface area contributed by atoms with Gasteiger partial charge in [-0.15, -0.1) is 0 Å². The summed E-state index contributed by atoms with van der Waals surface area (Å²) in [5.41, 5.74) is 2.63. The van der Waals surface area contributed by atoms with E-state index in [1.165, 1.54) is 43.4 Å². The van der Waals surface area contributed by atoms with E-state index >= 15 is 0 Å². The van der Waals surface area contributed by atoms with Gasteiger partial charge in [0.25, 0.3) is 0 Å². The monoisotopic (exact) mass is 295 g/mol. The largest absolute Gasteiger partial charge is 0.382 e. The van der Waals surface area contributed by atoms with Crippen LogP contribution in [0.3, 0.4) is 0 Å². The van der Waals surface area contributed by atoms with Crippen LogP contribution in [0.4, 0.5) is 5.69 Å². The molecular weight excluding hydrogens is 274 g/mol. The van der Waals surface area contributed by atoms with Crippen LogP contribution in [0.5, 0.6) is 0 Å². The Morgan fingerprint density at radius 2 is 2.00 bits per heavy atom. The Bertz CT molecular complexity index is 375. The fourth-order valence-electron chi connectivity index (χ4n) is 2.64. The first-order valence-electron chi connectivity index (χ1n) is 6.68. The Balaban J connectivity index is 2.00. The first-order chi connectivity index (χ1) is 8.15. The molecule has 1 nitrogen and oxygen atoms in total. The molecule has 17 heavy (non-hydrogen) atoms. The number of nitrogens with one attached hydrogen (secondary N) is 1. The van der Waals surface area contributed by atoms with Crippen molar-refractivity contribution in [3.05, 3.63) is 28.2 Å². The van der Waals surface area contributed by atoms with Gasteiger partial charge in [-0.2, -0.15) is 0 Å². The normalized spacial score (nSPS) is 25.4. The summed E-state index contributed by atoms with van der Waals surface area (Å²) in [6, 6.07) is 7.16. The SMILES string of the molecule is Cc1cc(Br)ccc1NC1CCCC(C)CC1. The number of rotatable bonds is 2. The van der Waals surface area contributed by atoms with Crippen molar-refractivity contribution in [2.24, 2.45) is 5.92 Å². The quantitative estimate of drug-likeness (QED) is 0.745. The number of benzene rings is 1. The molecule has 1 saturated carbocycles. The highest BCUT2D eigenvalue weighted by Crippen LogP contribution is 2.27. The molecule has 0 spiro atoms. The summed E-state index contributed by atoms with van der Waals surface area (Å²) in [5.74, 6) is 0.910. The van der Waals surface area contributed by atoms with Gasteiger partial charge in [0.2, 0.25) is 0 Å². The first-order valence-corrected chi connectivity index (χ1v) is 7.47. The van der Waals surface area contributed by atoms with Gasteiger partial charge in [-0.1, -0.05) is 35.7 Å². The molecule has 0 radical (unpaired) electrons. The number of anilines is 1. The van der Waals surface area contributed by atoms with Crippen molar-refractivity contribution in [3.8, 4) is 0 Å². The Hall–Kier alpha value is -0.500. The van der Waals surface area contributed by atoms with E-state index in [1.54, 1.807) is 0 Å². The lowest BCUT2D eigenvalue weighted by Crippen LogP contribution is -2.18.